The van der Waals surface area contributed by atoms with Gasteiger partial charge in [-0.15, -0.1) is 0 Å². The van der Waals surface area contributed by atoms with Crippen LogP contribution in [0.1, 0.15) is 15.9 Å². The molecule has 3 rings (SSSR count). The molecule has 8 nitrogen and oxygen atoms in total. The fourth-order valence-corrected chi connectivity index (χ4v) is 2.34. The second kappa shape index (κ2) is 7.08. The molecule has 0 saturated carbocycles. The third kappa shape index (κ3) is 3.63. The van der Waals surface area contributed by atoms with Gasteiger partial charge in [0.05, 0.1) is 17.6 Å². The summed E-state index contributed by atoms with van der Waals surface area (Å²) in [6.07, 6.45) is 0. The summed E-state index contributed by atoms with van der Waals surface area (Å²) in [7, 11) is 1.47. The van der Waals surface area contributed by atoms with E-state index in [0.29, 0.717) is 36.0 Å². The highest BCUT2D eigenvalue weighted by molar-refractivity contribution is 5.91. The molecule has 0 spiro atoms. The molecule has 0 bridgehead atoms. The molecule has 1 aliphatic rings. The Morgan fingerprint density at radius 1 is 1.20 bits per heavy atom. The monoisotopic (exact) mass is 345 g/mol. The number of esters is 1. The lowest BCUT2D eigenvalue weighted by Crippen LogP contribution is -2.17. The maximum absolute atomic E-state index is 12.3. The van der Waals surface area contributed by atoms with Crippen molar-refractivity contribution in [3.8, 4) is 17.2 Å². The zero-order chi connectivity index (χ0) is 17.8. The summed E-state index contributed by atoms with van der Waals surface area (Å²) in [5.74, 6) is 0.710. The van der Waals surface area contributed by atoms with Gasteiger partial charge in [-0.2, -0.15) is 0 Å². The number of hydrogen-bond acceptors (Lipinski definition) is 7. The molecule has 0 N–H and O–H groups in total. The topological polar surface area (TPSA) is 97.1 Å². The molecule has 0 radical (unpaired) electrons. The summed E-state index contributed by atoms with van der Waals surface area (Å²) in [5, 5.41) is 10.6. The van der Waals surface area contributed by atoms with Crippen LogP contribution in [0.3, 0.4) is 0 Å². The predicted molar refractivity (Wildman–Crippen MR) is 86.2 cm³/mol. The summed E-state index contributed by atoms with van der Waals surface area (Å²) in [6, 6.07) is 8.85. The normalized spacial score (nSPS) is 12.4. The Morgan fingerprint density at radius 3 is 2.60 bits per heavy atom. The number of nitrogens with zero attached hydrogens (tertiary/aromatic N) is 1. The minimum atomic E-state index is -0.561. The van der Waals surface area contributed by atoms with Gasteiger partial charge >= 0.3 is 5.97 Å². The Labute approximate surface area is 143 Å². The quantitative estimate of drug-likeness (QED) is 0.467. The zero-order valence-corrected chi connectivity index (χ0v) is 13.4. The summed E-state index contributed by atoms with van der Waals surface area (Å²) < 4.78 is 21.4. The van der Waals surface area contributed by atoms with Crippen molar-refractivity contribution in [2.75, 3.05) is 20.3 Å². The molecule has 0 unspecified atom stereocenters. The van der Waals surface area contributed by atoms with Crippen molar-refractivity contribution in [3.05, 3.63) is 57.6 Å². The lowest BCUT2D eigenvalue weighted by Gasteiger charge is -2.21. The standard InChI is InChI=1S/C17H15NO7/c1-22-14-8-12(9-15-16(14)24-7-6-23-15)17(19)25-10-11-2-4-13(5-3-11)18(20)21/h2-5,8-9H,6-7,10H2,1H3. The summed E-state index contributed by atoms with van der Waals surface area (Å²) in [4.78, 5) is 22.4. The van der Waals surface area contributed by atoms with Crippen molar-refractivity contribution in [1.82, 2.24) is 0 Å². The van der Waals surface area contributed by atoms with Crippen LogP contribution in [-0.2, 0) is 11.3 Å². The molecule has 0 amide bonds. The van der Waals surface area contributed by atoms with Crippen molar-refractivity contribution in [2.24, 2.45) is 0 Å². The van der Waals surface area contributed by atoms with Crippen LogP contribution in [-0.4, -0.2) is 31.2 Å². The maximum Gasteiger partial charge on any atom is 0.338 e. The molecule has 130 valence electrons. The van der Waals surface area contributed by atoms with Gasteiger partial charge in [-0.3, -0.25) is 10.1 Å². The van der Waals surface area contributed by atoms with Gasteiger partial charge < -0.3 is 18.9 Å². The third-order valence-electron chi connectivity index (χ3n) is 3.58. The molecule has 1 heterocycles. The highest BCUT2D eigenvalue weighted by Gasteiger charge is 2.21. The molecule has 0 fully saturated rings. The van der Waals surface area contributed by atoms with E-state index in [0.717, 1.165) is 0 Å². The van der Waals surface area contributed by atoms with Crippen molar-refractivity contribution < 1.29 is 28.7 Å². The van der Waals surface area contributed by atoms with Gasteiger partial charge in [0.15, 0.2) is 11.5 Å². The molecular formula is C17H15NO7. The van der Waals surface area contributed by atoms with Crippen LogP contribution >= 0.6 is 0 Å². The lowest BCUT2D eigenvalue weighted by atomic mass is 10.1. The smallest absolute Gasteiger partial charge is 0.338 e. The molecule has 8 heteroatoms. The van der Waals surface area contributed by atoms with Crippen molar-refractivity contribution >= 4 is 11.7 Å². The SMILES string of the molecule is COc1cc(C(=O)OCc2ccc([N+](=O)[O-])cc2)cc2c1OCCO2. The fraction of sp³-hybridized carbons (Fsp3) is 0.235. The number of fused-ring (bicyclic) bond motifs is 1. The number of carbonyl (C=O) groups excluding carboxylic acids is 1. The van der Waals surface area contributed by atoms with Crippen LogP contribution in [0.25, 0.3) is 0 Å². The molecule has 0 atom stereocenters. The number of hydrogen-bond donors (Lipinski definition) is 0. The summed E-state index contributed by atoms with van der Waals surface area (Å²) >= 11 is 0. The summed E-state index contributed by atoms with van der Waals surface area (Å²) in [5.41, 5.74) is 0.887. The van der Waals surface area contributed by atoms with E-state index in [-0.39, 0.29) is 17.9 Å². The Balaban J connectivity index is 1.71. The number of carbonyl (C=O) groups is 1. The second-order valence-electron chi connectivity index (χ2n) is 5.20. The second-order valence-corrected chi connectivity index (χ2v) is 5.20. The number of nitro groups is 1. The van der Waals surface area contributed by atoms with Gasteiger partial charge in [-0.05, 0) is 29.8 Å². The third-order valence-corrected chi connectivity index (χ3v) is 3.58. The van der Waals surface area contributed by atoms with E-state index >= 15 is 0 Å². The number of methoxy groups -OCH3 is 1. The predicted octanol–water partition coefficient (Wildman–Crippen LogP) is 2.73. The Morgan fingerprint density at radius 2 is 1.92 bits per heavy atom. The van der Waals surface area contributed by atoms with Crippen LogP contribution in [0, 0.1) is 10.1 Å². The van der Waals surface area contributed by atoms with Crippen LogP contribution in [0.5, 0.6) is 17.2 Å². The van der Waals surface area contributed by atoms with Gasteiger partial charge in [0.25, 0.3) is 5.69 Å². The van der Waals surface area contributed by atoms with Gasteiger partial charge in [-0.25, -0.2) is 4.79 Å². The largest absolute Gasteiger partial charge is 0.493 e. The van der Waals surface area contributed by atoms with E-state index in [9.17, 15) is 14.9 Å². The van der Waals surface area contributed by atoms with Crippen molar-refractivity contribution in [2.45, 2.75) is 6.61 Å². The van der Waals surface area contributed by atoms with Gasteiger partial charge in [0.2, 0.25) is 5.75 Å². The molecule has 2 aromatic rings. The molecule has 25 heavy (non-hydrogen) atoms. The van der Waals surface area contributed by atoms with E-state index in [1.807, 2.05) is 0 Å². The Bertz CT molecular complexity index is 784. The summed E-state index contributed by atoms with van der Waals surface area (Å²) in [6.45, 7) is 0.790. The number of non-ortho nitro benzene ring substituents is 1. The van der Waals surface area contributed by atoms with Gasteiger partial charge in [0.1, 0.15) is 19.8 Å². The molecule has 0 aliphatic carbocycles. The first kappa shape index (κ1) is 16.6. The lowest BCUT2D eigenvalue weighted by molar-refractivity contribution is -0.384. The van der Waals surface area contributed by atoms with Crippen LogP contribution < -0.4 is 14.2 Å². The molecular weight excluding hydrogens is 330 g/mol. The number of nitro benzene ring substituents is 1. The van der Waals surface area contributed by atoms with Gasteiger partial charge in [0, 0.05) is 12.1 Å². The van der Waals surface area contributed by atoms with E-state index in [1.165, 1.54) is 43.5 Å². The average molecular weight is 345 g/mol. The Hall–Kier alpha value is -3.29. The number of benzene rings is 2. The van der Waals surface area contributed by atoms with Crippen LogP contribution in [0.4, 0.5) is 5.69 Å². The van der Waals surface area contributed by atoms with E-state index in [1.54, 1.807) is 0 Å². The average Bonchev–Trinajstić information content (AvgIpc) is 2.65. The zero-order valence-electron chi connectivity index (χ0n) is 13.4. The van der Waals surface area contributed by atoms with Crippen LogP contribution in [0.2, 0.25) is 0 Å². The highest BCUT2D eigenvalue weighted by atomic mass is 16.6. The number of ether oxygens (including phenoxy) is 4. The fourth-order valence-electron chi connectivity index (χ4n) is 2.34. The minimum absolute atomic E-state index is 0.00636. The first-order valence-corrected chi connectivity index (χ1v) is 7.46. The maximum atomic E-state index is 12.3. The van der Waals surface area contributed by atoms with E-state index in [4.69, 9.17) is 18.9 Å². The van der Waals surface area contributed by atoms with E-state index < -0.39 is 10.9 Å². The number of rotatable bonds is 5. The van der Waals surface area contributed by atoms with Crippen molar-refractivity contribution in [3.63, 3.8) is 0 Å². The molecule has 0 aromatic heterocycles. The van der Waals surface area contributed by atoms with E-state index in [2.05, 4.69) is 0 Å². The highest BCUT2D eigenvalue weighted by Crippen LogP contribution is 2.40. The Kier molecular flexibility index (Phi) is 4.69. The van der Waals surface area contributed by atoms with Gasteiger partial charge in [-0.1, -0.05) is 0 Å². The minimum Gasteiger partial charge on any atom is -0.493 e. The van der Waals surface area contributed by atoms with Crippen molar-refractivity contribution in [1.29, 1.82) is 0 Å². The van der Waals surface area contributed by atoms with Crippen LogP contribution in [0.15, 0.2) is 36.4 Å². The molecule has 1 aliphatic heterocycles. The first-order chi connectivity index (χ1) is 12.1. The molecule has 2 aromatic carbocycles. The first-order valence-electron chi connectivity index (χ1n) is 7.46. The molecule has 0 saturated heterocycles.